The van der Waals surface area contributed by atoms with Gasteiger partial charge in [-0.05, 0) is 18.2 Å². The number of aromatic nitrogens is 1. The van der Waals surface area contributed by atoms with Gasteiger partial charge in [-0.3, -0.25) is 4.79 Å². The average molecular weight is 186 g/mol. The third-order valence-corrected chi connectivity index (χ3v) is 1.85. The summed E-state index contributed by atoms with van der Waals surface area (Å²) in [5.74, 6) is 0. The highest BCUT2D eigenvalue weighted by atomic mass is 16.1. The molecule has 2 aromatic rings. The molecule has 0 aliphatic heterocycles. The van der Waals surface area contributed by atoms with Crippen LogP contribution in [0, 0.1) is 0 Å². The van der Waals surface area contributed by atoms with Crippen molar-refractivity contribution in [1.29, 1.82) is 0 Å². The van der Waals surface area contributed by atoms with Crippen molar-refractivity contribution in [3.8, 4) is 0 Å². The van der Waals surface area contributed by atoms with Gasteiger partial charge in [0.2, 0.25) is 5.56 Å². The van der Waals surface area contributed by atoms with E-state index in [9.17, 15) is 4.79 Å². The second-order valence-electron chi connectivity index (χ2n) is 2.93. The minimum Gasteiger partial charge on any atom is -0.354 e. The number of aromatic amines is 1. The number of rotatable bonds is 2. The molecule has 0 fully saturated rings. The lowest BCUT2D eigenvalue weighted by molar-refractivity contribution is 1.24. The van der Waals surface area contributed by atoms with Crippen LogP contribution in [0.5, 0.6) is 0 Å². The van der Waals surface area contributed by atoms with Gasteiger partial charge >= 0.3 is 0 Å². The van der Waals surface area contributed by atoms with Gasteiger partial charge in [-0.25, -0.2) is 0 Å². The maximum absolute atomic E-state index is 10.8. The zero-order valence-corrected chi connectivity index (χ0v) is 7.53. The van der Waals surface area contributed by atoms with Gasteiger partial charge in [0.05, 0.1) is 5.69 Å². The summed E-state index contributed by atoms with van der Waals surface area (Å²) in [6, 6.07) is 13.0. The fourth-order valence-corrected chi connectivity index (χ4v) is 1.18. The van der Waals surface area contributed by atoms with Gasteiger partial charge in [0, 0.05) is 18.0 Å². The van der Waals surface area contributed by atoms with E-state index in [-0.39, 0.29) is 5.56 Å². The predicted octanol–water partition coefficient (Wildman–Crippen LogP) is 2.12. The van der Waals surface area contributed by atoms with E-state index in [4.69, 9.17) is 0 Å². The van der Waals surface area contributed by atoms with Gasteiger partial charge in [0.25, 0.3) is 0 Å². The standard InChI is InChI=1S/C11H10N2O/c14-11-7-6-10(8-12-11)13-9-4-2-1-3-5-9/h1-8,13H,(H,12,14). The van der Waals surface area contributed by atoms with E-state index in [1.165, 1.54) is 6.07 Å². The Hall–Kier alpha value is -2.03. The average Bonchev–Trinajstić information content (AvgIpc) is 2.23. The minimum absolute atomic E-state index is 0.0939. The number of hydrogen-bond donors (Lipinski definition) is 2. The molecule has 0 atom stereocenters. The Labute approximate surface area is 81.4 Å². The van der Waals surface area contributed by atoms with Gasteiger partial charge in [-0.1, -0.05) is 18.2 Å². The van der Waals surface area contributed by atoms with Crippen molar-refractivity contribution >= 4 is 11.4 Å². The van der Waals surface area contributed by atoms with Crippen LogP contribution in [0.2, 0.25) is 0 Å². The molecule has 1 aromatic carbocycles. The lowest BCUT2D eigenvalue weighted by Gasteiger charge is -2.04. The summed E-state index contributed by atoms with van der Waals surface area (Å²) in [5, 5.41) is 3.16. The van der Waals surface area contributed by atoms with Crippen LogP contribution < -0.4 is 10.9 Å². The molecule has 0 radical (unpaired) electrons. The molecule has 2 rings (SSSR count). The highest BCUT2D eigenvalue weighted by Crippen LogP contribution is 2.12. The first-order valence-corrected chi connectivity index (χ1v) is 4.35. The van der Waals surface area contributed by atoms with Crippen molar-refractivity contribution in [2.24, 2.45) is 0 Å². The number of anilines is 2. The van der Waals surface area contributed by atoms with Gasteiger partial charge in [-0.15, -0.1) is 0 Å². The van der Waals surface area contributed by atoms with Gasteiger partial charge in [0.15, 0.2) is 0 Å². The lowest BCUT2D eigenvalue weighted by Crippen LogP contribution is -2.02. The Kier molecular flexibility index (Phi) is 2.32. The molecule has 0 aliphatic rings. The van der Waals surface area contributed by atoms with Gasteiger partial charge in [-0.2, -0.15) is 0 Å². The molecule has 0 amide bonds. The molecule has 0 saturated carbocycles. The topological polar surface area (TPSA) is 44.9 Å². The smallest absolute Gasteiger partial charge is 0.248 e. The Balaban J connectivity index is 2.19. The zero-order chi connectivity index (χ0) is 9.80. The molecular formula is C11H10N2O. The number of hydrogen-bond acceptors (Lipinski definition) is 2. The van der Waals surface area contributed by atoms with E-state index in [0.29, 0.717) is 0 Å². The van der Waals surface area contributed by atoms with Crippen LogP contribution in [0.15, 0.2) is 53.5 Å². The molecule has 1 heterocycles. The molecule has 0 saturated heterocycles. The number of nitrogens with one attached hydrogen (secondary N) is 2. The maximum Gasteiger partial charge on any atom is 0.248 e. The van der Waals surface area contributed by atoms with Crippen molar-refractivity contribution in [2.45, 2.75) is 0 Å². The molecule has 14 heavy (non-hydrogen) atoms. The monoisotopic (exact) mass is 186 g/mol. The molecule has 0 unspecified atom stereocenters. The molecule has 1 aromatic heterocycles. The third-order valence-electron chi connectivity index (χ3n) is 1.85. The highest BCUT2D eigenvalue weighted by Gasteiger charge is 1.92. The van der Waals surface area contributed by atoms with Crippen LogP contribution >= 0.6 is 0 Å². The SMILES string of the molecule is O=c1ccc(Nc2ccccc2)c[nH]1. The molecule has 70 valence electrons. The third kappa shape index (κ3) is 2.01. The molecule has 2 N–H and O–H groups in total. The van der Waals surface area contributed by atoms with Crippen molar-refractivity contribution in [3.05, 3.63) is 59.0 Å². The van der Waals surface area contributed by atoms with Crippen LogP contribution in [-0.4, -0.2) is 4.98 Å². The summed E-state index contributed by atoms with van der Waals surface area (Å²) < 4.78 is 0. The second-order valence-corrected chi connectivity index (χ2v) is 2.93. The van der Waals surface area contributed by atoms with Crippen molar-refractivity contribution in [2.75, 3.05) is 5.32 Å². The quantitative estimate of drug-likeness (QED) is 0.754. The summed E-state index contributed by atoms with van der Waals surface area (Å²) >= 11 is 0. The van der Waals surface area contributed by atoms with Crippen molar-refractivity contribution in [3.63, 3.8) is 0 Å². The maximum atomic E-state index is 10.8. The van der Waals surface area contributed by atoms with Crippen LogP contribution in [0.3, 0.4) is 0 Å². The summed E-state index contributed by atoms with van der Waals surface area (Å²) in [7, 11) is 0. The van der Waals surface area contributed by atoms with Crippen LogP contribution in [-0.2, 0) is 0 Å². The van der Waals surface area contributed by atoms with Crippen molar-refractivity contribution < 1.29 is 0 Å². The Bertz CT molecular complexity index is 442. The second kappa shape index (κ2) is 3.79. The molecule has 0 spiro atoms. The van der Waals surface area contributed by atoms with E-state index in [2.05, 4.69) is 10.3 Å². The Morgan fingerprint density at radius 3 is 2.36 bits per heavy atom. The molecule has 3 heteroatoms. The summed E-state index contributed by atoms with van der Waals surface area (Å²) in [4.78, 5) is 13.4. The highest BCUT2D eigenvalue weighted by molar-refractivity contribution is 5.57. The van der Waals surface area contributed by atoms with E-state index in [1.807, 2.05) is 30.3 Å². The van der Waals surface area contributed by atoms with Gasteiger partial charge < -0.3 is 10.3 Å². The van der Waals surface area contributed by atoms with Crippen LogP contribution in [0.25, 0.3) is 0 Å². The Morgan fingerprint density at radius 2 is 1.71 bits per heavy atom. The molecule has 0 bridgehead atoms. The first-order chi connectivity index (χ1) is 6.84. The number of para-hydroxylation sites is 1. The summed E-state index contributed by atoms with van der Waals surface area (Å²) in [6.07, 6.45) is 1.65. The minimum atomic E-state index is -0.0939. The molecule has 0 aliphatic carbocycles. The first kappa shape index (κ1) is 8.56. The Morgan fingerprint density at radius 1 is 0.929 bits per heavy atom. The largest absolute Gasteiger partial charge is 0.354 e. The normalized spacial score (nSPS) is 9.71. The summed E-state index contributed by atoms with van der Waals surface area (Å²) in [5.41, 5.74) is 1.78. The van der Waals surface area contributed by atoms with E-state index in [1.54, 1.807) is 12.3 Å². The zero-order valence-electron chi connectivity index (χ0n) is 7.53. The van der Waals surface area contributed by atoms with E-state index >= 15 is 0 Å². The fraction of sp³-hybridized carbons (Fsp3) is 0. The number of benzene rings is 1. The van der Waals surface area contributed by atoms with Gasteiger partial charge in [0.1, 0.15) is 0 Å². The molecule has 3 nitrogen and oxygen atoms in total. The molecular weight excluding hydrogens is 176 g/mol. The van der Waals surface area contributed by atoms with E-state index < -0.39 is 0 Å². The van der Waals surface area contributed by atoms with E-state index in [0.717, 1.165) is 11.4 Å². The van der Waals surface area contributed by atoms with Crippen molar-refractivity contribution in [1.82, 2.24) is 4.98 Å². The lowest BCUT2D eigenvalue weighted by atomic mass is 10.3. The number of pyridine rings is 1. The predicted molar refractivity (Wildman–Crippen MR) is 56.8 cm³/mol. The summed E-state index contributed by atoms with van der Waals surface area (Å²) in [6.45, 7) is 0. The van der Waals surface area contributed by atoms with Crippen LogP contribution in [0.4, 0.5) is 11.4 Å². The number of H-pyrrole nitrogens is 1. The fourth-order valence-electron chi connectivity index (χ4n) is 1.18. The first-order valence-electron chi connectivity index (χ1n) is 4.35. The van der Waals surface area contributed by atoms with Crippen LogP contribution in [0.1, 0.15) is 0 Å².